The molecule has 1 unspecified atom stereocenters. The molecule has 54 valence electrons. The first-order valence-corrected chi connectivity index (χ1v) is 3.47. The van der Waals surface area contributed by atoms with Crippen molar-refractivity contribution in [3.05, 3.63) is 0 Å². The van der Waals surface area contributed by atoms with Crippen LogP contribution in [-0.4, -0.2) is 11.5 Å². The van der Waals surface area contributed by atoms with Crippen molar-refractivity contribution in [2.45, 2.75) is 32.3 Å². The van der Waals surface area contributed by atoms with Gasteiger partial charge in [0.1, 0.15) is 0 Å². The van der Waals surface area contributed by atoms with Gasteiger partial charge in [0.05, 0.1) is 0 Å². The zero-order valence-corrected chi connectivity index (χ0v) is 6.44. The fourth-order valence-electron chi connectivity index (χ4n) is 0.309. The molecule has 0 N–H and O–H groups in total. The van der Waals surface area contributed by atoms with Crippen molar-refractivity contribution < 1.29 is 9.53 Å². The van der Waals surface area contributed by atoms with Crippen LogP contribution >= 0.6 is 11.6 Å². The average Bonchev–Trinajstić information content (AvgIpc) is 1.87. The molecule has 0 amide bonds. The lowest BCUT2D eigenvalue weighted by Gasteiger charge is -2.06. The van der Waals surface area contributed by atoms with E-state index in [1.54, 1.807) is 6.92 Å². The Labute approximate surface area is 60.1 Å². The lowest BCUT2D eigenvalue weighted by Crippen LogP contribution is -2.09. The predicted octanol–water partition coefficient (Wildman–Crippen LogP) is 1.91. The Morgan fingerprint density at radius 3 is 2.56 bits per heavy atom. The summed E-state index contributed by atoms with van der Waals surface area (Å²) in [5.41, 5.74) is -0.447. The molecule has 0 fully saturated rings. The quantitative estimate of drug-likeness (QED) is 0.454. The number of ether oxygens (including phenoxy) is 1. The third-order valence-corrected chi connectivity index (χ3v) is 1.27. The highest BCUT2D eigenvalue weighted by atomic mass is 35.5. The van der Waals surface area contributed by atoms with E-state index >= 15 is 0 Å². The molecule has 0 saturated heterocycles. The molecular weight excluding hydrogens is 140 g/mol. The van der Waals surface area contributed by atoms with Crippen molar-refractivity contribution in [3.63, 3.8) is 0 Å². The van der Waals surface area contributed by atoms with Gasteiger partial charge in [0.15, 0.2) is 5.56 Å². The number of halogens is 1. The Hall–Kier alpha value is -0.240. The third-order valence-electron chi connectivity index (χ3n) is 0.869. The molecule has 0 aliphatic rings. The van der Waals surface area contributed by atoms with Crippen LogP contribution in [0.4, 0.5) is 0 Å². The summed E-state index contributed by atoms with van der Waals surface area (Å²) in [6, 6.07) is 0. The van der Waals surface area contributed by atoms with Crippen LogP contribution in [0.25, 0.3) is 0 Å². The fraction of sp³-hybridized carbons (Fsp3) is 0.833. The number of alkyl halides is 1. The van der Waals surface area contributed by atoms with Crippen molar-refractivity contribution >= 4 is 17.6 Å². The van der Waals surface area contributed by atoms with E-state index in [1.165, 1.54) is 0 Å². The lowest BCUT2D eigenvalue weighted by molar-refractivity contribution is -0.145. The van der Waals surface area contributed by atoms with Gasteiger partial charge in [-0.05, 0) is 6.42 Å². The molecular formula is C6H11ClO2. The van der Waals surface area contributed by atoms with Gasteiger partial charge in [0.2, 0.25) is 0 Å². The zero-order valence-electron chi connectivity index (χ0n) is 5.69. The van der Waals surface area contributed by atoms with Crippen molar-refractivity contribution in [1.82, 2.24) is 0 Å². The highest BCUT2D eigenvalue weighted by Gasteiger charge is 2.05. The van der Waals surface area contributed by atoms with E-state index < -0.39 is 5.56 Å². The van der Waals surface area contributed by atoms with E-state index in [-0.39, 0.29) is 5.97 Å². The molecule has 0 saturated carbocycles. The summed E-state index contributed by atoms with van der Waals surface area (Å²) in [7, 11) is 0. The Morgan fingerprint density at radius 1 is 1.67 bits per heavy atom. The van der Waals surface area contributed by atoms with Gasteiger partial charge in [-0.2, -0.15) is 0 Å². The molecule has 1 atom stereocenters. The SMILES string of the molecule is CCC(=O)OC(Cl)CC. The molecule has 0 aliphatic carbocycles. The van der Waals surface area contributed by atoms with E-state index in [2.05, 4.69) is 4.74 Å². The number of hydrogen-bond donors (Lipinski definition) is 0. The van der Waals surface area contributed by atoms with Gasteiger partial charge in [-0.3, -0.25) is 4.79 Å². The maximum atomic E-state index is 10.5. The summed E-state index contributed by atoms with van der Waals surface area (Å²) >= 11 is 5.50. The largest absolute Gasteiger partial charge is 0.446 e. The van der Waals surface area contributed by atoms with Crippen LogP contribution in [0.3, 0.4) is 0 Å². The second kappa shape index (κ2) is 4.62. The minimum atomic E-state index is -0.447. The molecule has 0 radical (unpaired) electrons. The summed E-state index contributed by atoms with van der Waals surface area (Å²) in [6.07, 6.45) is 1.05. The summed E-state index contributed by atoms with van der Waals surface area (Å²) in [5, 5.41) is 0. The lowest BCUT2D eigenvalue weighted by atomic mass is 10.5. The Kier molecular flexibility index (Phi) is 4.50. The number of rotatable bonds is 3. The van der Waals surface area contributed by atoms with Crippen LogP contribution in [0.5, 0.6) is 0 Å². The topological polar surface area (TPSA) is 26.3 Å². The minimum absolute atomic E-state index is 0.239. The predicted molar refractivity (Wildman–Crippen MR) is 36.3 cm³/mol. The highest BCUT2D eigenvalue weighted by Crippen LogP contribution is 2.03. The molecule has 0 spiro atoms. The van der Waals surface area contributed by atoms with Crippen LogP contribution < -0.4 is 0 Å². The van der Waals surface area contributed by atoms with Crippen molar-refractivity contribution in [2.24, 2.45) is 0 Å². The average molecular weight is 151 g/mol. The first-order valence-electron chi connectivity index (χ1n) is 3.04. The van der Waals surface area contributed by atoms with E-state index in [9.17, 15) is 4.79 Å². The van der Waals surface area contributed by atoms with Gasteiger partial charge in [-0.15, -0.1) is 0 Å². The molecule has 3 heteroatoms. The molecule has 9 heavy (non-hydrogen) atoms. The Morgan fingerprint density at radius 2 is 2.22 bits per heavy atom. The van der Waals surface area contributed by atoms with E-state index in [1.807, 2.05) is 6.92 Å². The zero-order chi connectivity index (χ0) is 7.28. The number of esters is 1. The number of carbonyl (C=O) groups excluding carboxylic acids is 1. The maximum Gasteiger partial charge on any atom is 0.306 e. The second-order valence-corrected chi connectivity index (χ2v) is 2.15. The number of hydrogen-bond acceptors (Lipinski definition) is 2. The summed E-state index contributed by atoms with van der Waals surface area (Å²) in [6.45, 7) is 3.60. The third kappa shape index (κ3) is 4.28. The van der Waals surface area contributed by atoms with Gasteiger partial charge in [0.25, 0.3) is 0 Å². The van der Waals surface area contributed by atoms with Gasteiger partial charge >= 0.3 is 5.97 Å². The van der Waals surface area contributed by atoms with Crippen LogP contribution in [-0.2, 0) is 9.53 Å². The first-order chi connectivity index (χ1) is 4.20. The van der Waals surface area contributed by atoms with E-state index in [0.29, 0.717) is 12.8 Å². The summed E-state index contributed by atoms with van der Waals surface area (Å²) in [5.74, 6) is -0.239. The van der Waals surface area contributed by atoms with Gasteiger partial charge < -0.3 is 4.74 Å². The van der Waals surface area contributed by atoms with Crippen molar-refractivity contribution in [2.75, 3.05) is 0 Å². The molecule has 0 rings (SSSR count). The number of carbonyl (C=O) groups is 1. The smallest absolute Gasteiger partial charge is 0.306 e. The van der Waals surface area contributed by atoms with Crippen LogP contribution in [0, 0.1) is 0 Å². The Bertz CT molecular complexity index is 93.1. The molecule has 0 heterocycles. The van der Waals surface area contributed by atoms with Crippen LogP contribution in [0.2, 0.25) is 0 Å². The molecule has 2 nitrogen and oxygen atoms in total. The molecule has 0 aromatic heterocycles. The van der Waals surface area contributed by atoms with Crippen molar-refractivity contribution in [3.8, 4) is 0 Å². The van der Waals surface area contributed by atoms with E-state index in [4.69, 9.17) is 11.6 Å². The molecule has 0 aliphatic heterocycles. The molecule has 0 bridgehead atoms. The first kappa shape index (κ1) is 8.76. The Balaban J connectivity index is 3.34. The highest BCUT2D eigenvalue weighted by molar-refractivity contribution is 6.20. The molecule has 0 aromatic rings. The van der Waals surface area contributed by atoms with Crippen molar-refractivity contribution in [1.29, 1.82) is 0 Å². The van der Waals surface area contributed by atoms with Gasteiger partial charge in [0, 0.05) is 6.42 Å². The molecule has 0 aromatic carbocycles. The maximum absolute atomic E-state index is 10.5. The summed E-state index contributed by atoms with van der Waals surface area (Å²) in [4.78, 5) is 10.5. The minimum Gasteiger partial charge on any atom is -0.446 e. The van der Waals surface area contributed by atoms with Gasteiger partial charge in [-0.1, -0.05) is 25.4 Å². The monoisotopic (exact) mass is 150 g/mol. The second-order valence-electron chi connectivity index (χ2n) is 1.66. The fourth-order valence-corrected chi connectivity index (χ4v) is 0.409. The normalized spacial score (nSPS) is 12.8. The van der Waals surface area contributed by atoms with E-state index in [0.717, 1.165) is 0 Å². The standard InChI is InChI=1S/C6H11ClO2/c1-3-5(7)9-6(8)4-2/h5H,3-4H2,1-2H3. The summed E-state index contributed by atoms with van der Waals surface area (Å²) < 4.78 is 4.68. The van der Waals surface area contributed by atoms with Crippen LogP contribution in [0.1, 0.15) is 26.7 Å². The van der Waals surface area contributed by atoms with Gasteiger partial charge in [-0.25, -0.2) is 0 Å². The van der Waals surface area contributed by atoms with Crippen LogP contribution in [0.15, 0.2) is 0 Å².